The van der Waals surface area contributed by atoms with Crippen molar-refractivity contribution in [3.05, 3.63) is 35.4 Å². The van der Waals surface area contributed by atoms with E-state index in [2.05, 4.69) is 24.4 Å². The van der Waals surface area contributed by atoms with Gasteiger partial charge in [0, 0.05) is 6.42 Å². The molecule has 1 aromatic rings. The summed E-state index contributed by atoms with van der Waals surface area (Å²) in [6, 6.07) is 8.28. The van der Waals surface area contributed by atoms with Crippen LogP contribution in [0.15, 0.2) is 24.3 Å². The van der Waals surface area contributed by atoms with Crippen LogP contribution in [0.4, 0.5) is 0 Å². The van der Waals surface area contributed by atoms with Crippen LogP contribution in [-0.2, 0) is 11.2 Å². The quantitative estimate of drug-likeness (QED) is 0.780. The van der Waals surface area contributed by atoms with Gasteiger partial charge in [-0.05, 0) is 25.5 Å². The van der Waals surface area contributed by atoms with Crippen molar-refractivity contribution in [1.29, 1.82) is 0 Å². The van der Waals surface area contributed by atoms with Crippen molar-refractivity contribution < 1.29 is 4.79 Å². The topological polar surface area (TPSA) is 29.1 Å². The minimum Gasteiger partial charge on any atom is -0.307 e. The van der Waals surface area contributed by atoms with Crippen LogP contribution in [0.25, 0.3) is 0 Å². The molecule has 2 rings (SSSR count). The highest BCUT2D eigenvalue weighted by molar-refractivity contribution is 5.86. The molecule has 0 amide bonds. The summed E-state index contributed by atoms with van der Waals surface area (Å²) in [5.74, 6) is 0.321. The average molecular weight is 189 g/mol. The largest absolute Gasteiger partial charge is 0.307 e. The van der Waals surface area contributed by atoms with Gasteiger partial charge in [0.2, 0.25) is 0 Å². The van der Waals surface area contributed by atoms with E-state index >= 15 is 0 Å². The molecule has 1 unspecified atom stereocenters. The Kier molecular flexibility index (Phi) is 2.64. The van der Waals surface area contributed by atoms with Crippen molar-refractivity contribution in [2.45, 2.75) is 25.8 Å². The molecule has 1 aliphatic heterocycles. The van der Waals surface area contributed by atoms with Gasteiger partial charge in [-0.15, -0.1) is 0 Å². The third kappa shape index (κ3) is 2.02. The molecule has 0 radical (unpaired) electrons. The molecule has 14 heavy (non-hydrogen) atoms. The molecule has 0 aromatic heterocycles. The normalized spacial score (nSPS) is 20.2. The molecule has 1 atom stereocenters. The molecule has 0 saturated carbocycles. The first-order chi connectivity index (χ1) is 6.75. The van der Waals surface area contributed by atoms with E-state index in [4.69, 9.17) is 0 Å². The zero-order valence-electron chi connectivity index (χ0n) is 8.42. The second-order valence-electron chi connectivity index (χ2n) is 3.93. The zero-order chi connectivity index (χ0) is 9.97. The predicted molar refractivity (Wildman–Crippen MR) is 56.3 cm³/mol. The molecule has 0 aliphatic carbocycles. The van der Waals surface area contributed by atoms with Crippen molar-refractivity contribution in [2.75, 3.05) is 6.54 Å². The molecule has 1 saturated heterocycles. The van der Waals surface area contributed by atoms with Crippen LogP contribution in [0.2, 0.25) is 0 Å². The number of hydrogen-bond donors (Lipinski definition) is 1. The minimum absolute atomic E-state index is 0.121. The Bertz CT molecular complexity index is 342. The first kappa shape index (κ1) is 9.41. The standard InChI is InChI=1S/C12H15NO/c1-9-3-2-4-10(7-9)8-12(14)11-5-6-13-11/h2-4,7,11,13H,5-6,8H2,1H3. The molecule has 74 valence electrons. The number of rotatable bonds is 3. The summed E-state index contributed by atoms with van der Waals surface area (Å²) in [6.45, 7) is 3.04. The number of carbonyl (C=O) groups is 1. The lowest BCUT2D eigenvalue weighted by molar-refractivity contribution is -0.121. The highest BCUT2D eigenvalue weighted by Crippen LogP contribution is 2.10. The Hall–Kier alpha value is -1.15. The molecule has 1 N–H and O–H groups in total. The number of Topliss-reactive ketones (excluding diaryl/α,β-unsaturated/α-hetero) is 1. The molecule has 0 bridgehead atoms. The molecule has 1 fully saturated rings. The van der Waals surface area contributed by atoms with Gasteiger partial charge in [0.25, 0.3) is 0 Å². The monoisotopic (exact) mass is 189 g/mol. The summed E-state index contributed by atoms with van der Waals surface area (Å²) in [5.41, 5.74) is 2.35. The fourth-order valence-corrected chi connectivity index (χ4v) is 1.71. The SMILES string of the molecule is Cc1cccc(CC(=O)C2CCN2)c1. The van der Waals surface area contributed by atoms with Crippen molar-refractivity contribution in [1.82, 2.24) is 5.32 Å². The number of aryl methyl sites for hydroxylation is 1. The fraction of sp³-hybridized carbons (Fsp3) is 0.417. The van der Waals surface area contributed by atoms with Crippen LogP contribution in [0.5, 0.6) is 0 Å². The van der Waals surface area contributed by atoms with Gasteiger partial charge >= 0.3 is 0 Å². The highest BCUT2D eigenvalue weighted by atomic mass is 16.1. The van der Waals surface area contributed by atoms with Crippen molar-refractivity contribution in [3.8, 4) is 0 Å². The van der Waals surface area contributed by atoms with Crippen LogP contribution >= 0.6 is 0 Å². The molecule has 1 heterocycles. The van der Waals surface area contributed by atoms with Gasteiger partial charge in [-0.1, -0.05) is 29.8 Å². The van der Waals surface area contributed by atoms with Gasteiger partial charge < -0.3 is 5.32 Å². The molecular formula is C12H15NO. The summed E-state index contributed by atoms with van der Waals surface area (Å²) in [6.07, 6.45) is 1.57. The van der Waals surface area contributed by atoms with E-state index in [0.29, 0.717) is 12.2 Å². The lowest BCUT2D eigenvalue weighted by atomic mass is 9.96. The minimum atomic E-state index is 0.121. The molecule has 1 aliphatic rings. The number of ketones is 1. The van der Waals surface area contributed by atoms with Gasteiger partial charge in [0.15, 0.2) is 5.78 Å². The van der Waals surface area contributed by atoms with E-state index in [1.807, 2.05) is 12.1 Å². The Morgan fingerprint density at radius 3 is 2.93 bits per heavy atom. The summed E-state index contributed by atoms with van der Waals surface area (Å²) in [4.78, 5) is 11.6. The van der Waals surface area contributed by atoms with E-state index in [9.17, 15) is 4.79 Å². The summed E-state index contributed by atoms with van der Waals surface area (Å²) < 4.78 is 0. The Labute approximate surface area is 84.3 Å². The van der Waals surface area contributed by atoms with Crippen molar-refractivity contribution in [3.63, 3.8) is 0 Å². The van der Waals surface area contributed by atoms with Crippen molar-refractivity contribution >= 4 is 5.78 Å². The Morgan fingerprint density at radius 2 is 2.36 bits per heavy atom. The Balaban J connectivity index is 1.99. The van der Waals surface area contributed by atoms with Gasteiger partial charge in [-0.2, -0.15) is 0 Å². The van der Waals surface area contributed by atoms with Crippen LogP contribution in [0.1, 0.15) is 17.5 Å². The van der Waals surface area contributed by atoms with E-state index in [1.165, 1.54) is 5.56 Å². The van der Waals surface area contributed by atoms with Gasteiger partial charge in [-0.3, -0.25) is 4.79 Å². The van der Waals surface area contributed by atoms with E-state index in [1.54, 1.807) is 0 Å². The van der Waals surface area contributed by atoms with Gasteiger partial charge in [-0.25, -0.2) is 0 Å². The molecular weight excluding hydrogens is 174 g/mol. The van der Waals surface area contributed by atoms with E-state index < -0.39 is 0 Å². The number of carbonyl (C=O) groups excluding carboxylic acids is 1. The lowest BCUT2D eigenvalue weighted by Crippen LogP contribution is -2.49. The van der Waals surface area contributed by atoms with Gasteiger partial charge in [0.1, 0.15) is 0 Å². The first-order valence-corrected chi connectivity index (χ1v) is 5.07. The van der Waals surface area contributed by atoms with Gasteiger partial charge in [0.05, 0.1) is 6.04 Å². The summed E-state index contributed by atoms with van der Waals surface area (Å²) in [5, 5.41) is 3.13. The highest BCUT2D eigenvalue weighted by Gasteiger charge is 2.23. The fourth-order valence-electron chi connectivity index (χ4n) is 1.71. The average Bonchev–Trinajstić information content (AvgIpc) is 1.99. The zero-order valence-corrected chi connectivity index (χ0v) is 8.42. The van der Waals surface area contributed by atoms with Crippen molar-refractivity contribution in [2.24, 2.45) is 0 Å². The van der Waals surface area contributed by atoms with Crippen LogP contribution < -0.4 is 5.32 Å². The number of hydrogen-bond acceptors (Lipinski definition) is 2. The smallest absolute Gasteiger partial charge is 0.154 e. The number of benzene rings is 1. The lowest BCUT2D eigenvalue weighted by Gasteiger charge is -2.26. The maximum Gasteiger partial charge on any atom is 0.154 e. The second kappa shape index (κ2) is 3.93. The second-order valence-corrected chi connectivity index (χ2v) is 3.93. The summed E-state index contributed by atoms with van der Waals surface area (Å²) in [7, 11) is 0. The summed E-state index contributed by atoms with van der Waals surface area (Å²) >= 11 is 0. The molecule has 2 nitrogen and oxygen atoms in total. The maximum absolute atomic E-state index is 11.6. The van der Waals surface area contributed by atoms with Crippen LogP contribution in [0.3, 0.4) is 0 Å². The van der Waals surface area contributed by atoms with E-state index in [0.717, 1.165) is 18.5 Å². The molecule has 0 spiro atoms. The Morgan fingerprint density at radius 1 is 1.57 bits per heavy atom. The first-order valence-electron chi connectivity index (χ1n) is 5.07. The molecule has 1 aromatic carbocycles. The third-order valence-electron chi connectivity index (χ3n) is 2.67. The van der Waals surface area contributed by atoms with Crippen LogP contribution in [-0.4, -0.2) is 18.4 Å². The van der Waals surface area contributed by atoms with E-state index in [-0.39, 0.29) is 6.04 Å². The molecule has 2 heteroatoms. The third-order valence-corrected chi connectivity index (χ3v) is 2.67. The maximum atomic E-state index is 11.6. The number of nitrogens with one attached hydrogen (secondary N) is 1. The van der Waals surface area contributed by atoms with Crippen LogP contribution in [0, 0.1) is 6.92 Å². The predicted octanol–water partition coefficient (Wildman–Crippen LogP) is 1.47.